The Hall–Kier alpha value is -1.38. The Morgan fingerprint density at radius 1 is 1.33 bits per heavy atom. The maximum Gasteiger partial charge on any atom is 0.172 e. The monoisotopic (exact) mass is 247 g/mol. The van der Waals surface area contributed by atoms with Crippen molar-refractivity contribution in [1.29, 1.82) is 0 Å². The van der Waals surface area contributed by atoms with Gasteiger partial charge in [0.25, 0.3) is 0 Å². The average Bonchev–Trinajstić information content (AvgIpc) is 2.41. The van der Waals surface area contributed by atoms with Crippen molar-refractivity contribution in [2.45, 2.75) is 52.1 Å². The van der Waals surface area contributed by atoms with Gasteiger partial charge in [0.2, 0.25) is 0 Å². The second kappa shape index (κ2) is 5.98. The SMILES string of the molecule is CCC1CCC(Oc2ccc(C)nc2C=O)CC1. The van der Waals surface area contributed by atoms with Crippen molar-refractivity contribution in [3.05, 3.63) is 23.5 Å². The molecule has 0 N–H and O–H groups in total. The number of hydrogen-bond donors (Lipinski definition) is 0. The first-order chi connectivity index (χ1) is 8.72. The summed E-state index contributed by atoms with van der Waals surface area (Å²) in [6.45, 7) is 4.13. The van der Waals surface area contributed by atoms with Crippen LogP contribution >= 0.6 is 0 Å². The van der Waals surface area contributed by atoms with E-state index in [-0.39, 0.29) is 6.10 Å². The average molecular weight is 247 g/mol. The number of pyridine rings is 1. The highest BCUT2D eigenvalue weighted by Crippen LogP contribution is 2.29. The van der Waals surface area contributed by atoms with Crippen LogP contribution in [0.5, 0.6) is 5.75 Å². The first-order valence-electron chi connectivity index (χ1n) is 6.82. The van der Waals surface area contributed by atoms with E-state index in [9.17, 15) is 4.79 Å². The molecule has 0 spiro atoms. The molecule has 1 aliphatic rings. The summed E-state index contributed by atoms with van der Waals surface area (Å²) in [4.78, 5) is 15.2. The molecule has 0 amide bonds. The van der Waals surface area contributed by atoms with Crippen LogP contribution in [0, 0.1) is 12.8 Å². The summed E-state index contributed by atoms with van der Waals surface area (Å²) < 4.78 is 5.93. The lowest BCUT2D eigenvalue weighted by atomic mass is 9.86. The molecule has 1 fully saturated rings. The molecule has 0 atom stereocenters. The lowest BCUT2D eigenvalue weighted by Gasteiger charge is -2.28. The second-order valence-electron chi connectivity index (χ2n) is 5.12. The van der Waals surface area contributed by atoms with Gasteiger partial charge in [-0.25, -0.2) is 4.98 Å². The van der Waals surface area contributed by atoms with E-state index < -0.39 is 0 Å². The number of aldehydes is 1. The zero-order valence-electron chi connectivity index (χ0n) is 11.2. The maximum absolute atomic E-state index is 11.0. The van der Waals surface area contributed by atoms with Gasteiger partial charge in [-0.1, -0.05) is 13.3 Å². The zero-order chi connectivity index (χ0) is 13.0. The first kappa shape index (κ1) is 13.1. The van der Waals surface area contributed by atoms with Gasteiger partial charge in [-0.3, -0.25) is 4.79 Å². The van der Waals surface area contributed by atoms with Gasteiger partial charge in [-0.15, -0.1) is 0 Å². The standard InChI is InChI=1S/C15H21NO2/c1-3-12-5-7-13(8-6-12)18-15-9-4-11(2)16-14(15)10-17/h4,9-10,12-13H,3,5-8H2,1-2H3. The van der Waals surface area contributed by atoms with Crippen molar-refractivity contribution in [2.75, 3.05) is 0 Å². The van der Waals surface area contributed by atoms with E-state index in [4.69, 9.17) is 4.74 Å². The van der Waals surface area contributed by atoms with Gasteiger partial charge in [0, 0.05) is 5.69 Å². The van der Waals surface area contributed by atoms with Crippen molar-refractivity contribution in [3.8, 4) is 5.75 Å². The van der Waals surface area contributed by atoms with E-state index in [1.165, 1.54) is 19.3 Å². The third kappa shape index (κ3) is 3.09. The highest BCUT2D eigenvalue weighted by atomic mass is 16.5. The molecular weight excluding hydrogens is 226 g/mol. The summed E-state index contributed by atoms with van der Waals surface area (Å²) in [6, 6.07) is 3.75. The Bertz CT molecular complexity index is 409. The third-order valence-electron chi connectivity index (χ3n) is 3.80. The fourth-order valence-corrected chi connectivity index (χ4v) is 2.59. The topological polar surface area (TPSA) is 39.2 Å². The molecule has 1 aromatic rings. The summed E-state index contributed by atoms with van der Waals surface area (Å²) in [5.41, 5.74) is 1.27. The van der Waals surface area contributed by atoms with Crippen LogP contribution in [0.15, 0.2) is 12.1 Å². The van der Waals surface area contributed by atoms with Crippen LogP contribution in [0.25, 0.3) is 0 Å². The predicted molar refractivity (Wildman–Crippen MR) is 71.0 cm³/mol. The minimum atomic E-state index is 0.246. The Kier molecular flexibility index (Phi) is 4.34. The van der Waals surface area contributed by atoms with Crippen molar-refractivity contribution in [2.24, 2.45) is 5.92 Å². The molecule has 0 bridgehead atoms. The Balaban J connectivity index is 2.00. The molecule has 3 nitrogen and oxygen atoms in total. The summed E-state index contributed by atoms with van der Waals surface area (Å²) in [6.07, 6.45) is 6.93. The largest absolute Gasteiger partial charge is 0.488 e. The van der Waals surface area contributed by atoms with E-state index in [0.29, 0.717) is 11.4 Å². The van der Waals surface area contributed by atoms with Crippen LogP contribution < -0.4 is 4.74 Å². The quantitative estimate of drug-likeness (QED) is 0.764. The number of rotatable bonds is 4. The minimum Gasteiger partial charge on any atom is -0.488 e. The highest BCUT2D eigenvalue weighted by Gasteiger charge is 2.22. The van der Waals surface area contributed by atoms with Crippen LogP contribution in [0.4, 0.5) is 0 Å². The molecule has 2 rings (SSSR count). The van der Waals surface area contributed by atoms with Crippen molar-refractivity contribution >= 4 is 6.29 Å². The molecule has 1 heterocycles. The number of ether oxygens (including phenoxy) is 1. The van der Waals surface area contributed by atoms with Crippen LogP contribution in [0.2, 0.25) is 0 Å². The molecule has 0 radical (unpaired) electrons. The van der Waals surface area contributed by atoms with Crippen LogP contribution in [-0.2, 0) is 0 Å². The summed E-state index contributed by atoms with van der Waals surface area (Å²) in [5.74, 6) is 1.49. The smallest absolute Gasteiger partial charge is 0.172 e. The zero-order valence-corrected chi connectivity index (χ0v) is 11.2. The van der Waals surface area contributed by atoms with E-state index in [2.05, 4.69) is 11.9 Å². The highest BCUT2D eigenvalue weighted by molar-refractivity contribution is 5.76. The summed E-state index contributed by atoms with van der Waals surface area (Å²) in [7, 11) is 0. The van der Waals surface area contributed by atoms with Gasteiger partial charge in [0.1, 0.15) is 11.4 Å². The van der Waals surface area contributed by atoms with E-state index in [1.54, 1.807) is 0 Å². The van der Waals surface area contributed by atoms with E-state index >= 15 is 0 Å². The lowest BCUT2D eigenvalue weighted by molar-refractivity contribution is 0.109. The van der Waals surface area contributed by atoms with Gasteiger partial charge >= 0.3 is 0 Å². The Morgan fingerprint density at radius 3 is 2.67 bits per heavy atom. The van der Waals surface area contributed by atoms with E-state index in [1.807, 2.05) is 19.1 Å². The third-order valence-corrected chi connectivity index (χ3v) is 3.80. The molecular formula is C15H21NO2. The normalized spacial score (nSPS) is 23.7. The Labute approximate surface area is 109 Å². The second-order valence-corrected chi connectivity index (χ2v) is 5.12. The minimum absolute atomic E-state index is 0.246. The van der Waals surface area contributed by atoms with Crippen LogP contribution in [0.1, 0.15) is 55.2 Å². The molecule has 0 aromatic carbocycles. The maximum atomic E-state index is 11.0. The van der Waals surface area contributed by atoms with Gasteiger partial charge in [0.15, 0.2) is 6.29 Å². The van der Waals surface area contributed by atoms with Gasteiger partial charge in [0.05, 0.1) is 6.10 Å². The summed E-state index contributed by atoms with van der Waals surface area (Å²) >= 11 is 0. The molecule has 3 heteroatoms. The molecule has 98 valence electrons. The molecule has 0 aliphatic heterocycles. The van der Waals surface area contributed by atoms with Crippen molar-refractivity contribution in [1.82, 2.24) is 4.98 Å². The van der Waals surface area contributed by atoms with Gasteiger partial charge < -0.3 is 4.74 Å². The number of aromatic nitrogens is 1. The first-order valence-corrected chi connectivity index (χ1v) is 6.82. The fourth-order valence-electron chi connectivity index (χ4n) is 2.59. The number of hydrogen-bond acceptors (Lipinski definition) is 3. The number of nitrogens with zero attached hydrogens (tertiary/aromatic N) is 1. The molecule has 1 aliphatic carbocycles. The van der Waals surface area contributed by atoms with Gasteiger partial charge in [-0.2, -0.15) is 0 Å². The number of carbonyl (C=O) groups excluding carboxylic acids is 1. The summed E-state index contributed by atoms with van der Waals surface area (Å²) in [5, 5.41) is 0. The van der Waals surface area contributed by atoms with E-state index in [0.717, 1.165) is 30.7 Å². The lowest BCUT2D eigenvalue weighted by Crippen LogP contribution is -2.24. The molecule has 1 saturated carbocycles. The molecule has 1 aromatic heterocycles. The number of aryl methyl sites for hydroxylation is 1. The van der Waals surface area contributed by atoms with Crippen LogP contribution in [-0.4, -0.2) is 17.4 Å². The fraction of sp³-hybridized carbons (Fsp3) is 0.600. The molecule has 18 heavy (non-hydrogen) atoms. The number of carbonyl (C=O) groups is 1. The molecule has 0 saturated heterocycles. The van der Waals surface area contributed by atoms with Crippen molar-refractivity contribution < 1.29 is 9.53 Å². The Morgan fingerprint density at radius 2 is 2.06 bits per heavy atom. The predicted octanol–water partition coefficient (Wildman–Crippen LogP) is 3.55. The molecule has 0 unspecified atom stereocenters. The van der Waals surface area contributed by atoms with Crippen LogP contribution in [0.3, 0.4) is 0 Å². The van der Waals surface area contributed by atoms with Crippen molar-refractivity contribution in [3.63, 3.8) is 0 Å². The van der Waals surface area contributed by atoms with Gasteiger partial charge in [-0.05, 0) is 50.7 Å².